The van der Waals surface area contributed by atoms with Crippen LogP contribution < -0.4 is 0 Å². The molecule has 0 unspecified atom stereocenters. The summed E-state index contributed by atoms with van der Waals surface area (Å²) in [7, 11) is 0. The van der Waals surface area contributed by atoms with E-state index in [1.807, 2.05) is 0 Å². The first-order valence-electron chi connectivity index (χ1n) is 4.43. The standard InChI is InChI=1S/C11H9NO3/c1-7-12-10(11(14)15-7)6-8-3-2-4-9(13)5-8/h2-6,13H,1H3/b10-6+. The first kappa shape index (κ1) is 9.45. The number of carbonyl (C=O) groups is 1. The van der Waals surface area contributed by atoms with E-state index in [1.54, 1.807) is 37.3 Å². The van der Waals surface area contributed by atoms with E-state index in [0.717, 1.165) is 0 Å². The van der Waals surface area contributed by atoms with Crippen LogP contribution >= 0.6 is 0 Å². The zero-order chi connectivity index (χ0) is 10.8. The molecule has 0 atom stereocenters. The van der Waals surface area contributed by atoms with E-state index in [2.05, 4.69) is 4.99 Å². The van der Waals surface area contributed by atoms with Crippen LogP contribution in [0.5, 0.6) is 5.75 Å². The molecule has 1 aliphatic heterocycles. The molecule has 4 nitrogen and oxygen atoms in total. The van der Waals surface area contributed by atoms with Gasteiger partial charge in [-0.2, -0.15) is 0 Å². The molecule has 1 aromatic rings. The van der Waals surface area contributed by atoms with Gasteiger partial charge >= 0.3 is 5.97 Å². The second kappa shape index (κ2) is 3.57. The summed E-state index contributed by atoms with van der Waals surface area (Å²) in [5, 5.41) is 9.22. The van der Waals surface area contributed by atoms with Gasteiger partial charge in [0.1, 0.15) is 5.75 Å². The van der Waals surface area contributed by atoms with Crippen molar-refractivity contribution in [1.82, 2.24) is 0 Å². The lowest BCUT2D eigenvalue weighted by atomic mass is 10.2. The summed E-state index contributed by atoms with van der Waals surface area (Å²) < 4.78 is 4.76. The molecule has 2 rings (SSSR count). The number of hydrogen-bond donors (Lipinski definition) is 1. The van der Waals surface area contributed by atoms with E-state index < -0.39 is 5.97 Å². The van der Waals surface area contributed by atoms with E-state index in [-0.39, 0.29) is 11.4 Å². The van der Waals surface area contributed by atoms with Gasteiger partial charge in [0.2, 0.25) is 0 Å². The predicted octanol–water partition coefficient (Wildman–Crippen LogP) is 1.71. The molecule has 0 amide bonds. The highest BCUT2D eigenvalue weighted by Crippen LogP contribution is 2.18. The molecule has 0 fully saturated rings. The number of phenols is 1. The number of phenolic OH excluding ortho intramolecular Hbond substituents is 1. The van der Waals surface area contributed by atoms with E-state index >= 15 is 0 Å². The molecular weight excluding hydrogens is 194 g/mol. The van der Waals surface area contributed by atoms with Crippen LogP contribution in [0.2, 0.25) is 0 Å². The Bertz CT molecular complexity index is 474. The van der Waals surface area contributed by atoms with Crippen molar-refractivity contribution in [2.75, 3.05) is 0 Å². The third-order valence-electron chi connectivity index (χ3n) is 1.90. The lowest BCUT2D eigenvalue weighted by molar-refractivity contribution is -0.130. The summed E-state index contributed by atoms with van der Waals surface area (Å²) in [6, 6.07) is 6.56. The van der Waals surface area contributed by atoms with Crippen LogP contribution in [0.15, 0.2) is 35.0 Å². The smallest absolute Gasteiger partial charge is 0.363 e. The molecular formula is C11H9NO3. The highest BCUT2D eigenvalue weighted by Gasteiger charge is 2.19. The number of cyclic esters (lactones) is 1. The second-order valence-corrected chi connectivity index (χ2v) is 3.14. The number of aliphatic imine (C=N–C) groups is 1. The maximum absolute atomic E-state index is 11.2. The fourth-order valence-corrected chi connectivity index (χ4v) is 1.29. The highest BCUT2D eigenvalue weighted by atomic mass is 16.6. The Labute approximate surface area is 86.5 Å². The number of nitrogens with zero attached hydrogens (tertiary/aromatic N) is 1. The van der Waals surface area contributed by atoms with Crippen LogP contribution in [0.1, 0.15) is 12.5 Å². The molecule has 1 aliphatic rings. The number of rotatable bonds is 1. The molecule has 15 heavy (non-hydrogen) atoms. The average Bonchev–Trinajstić information content (AvgIpc) is 2.45. The molecule has 0 saturated heterocycles. The van der Waals surface area contributed by atoms with Gasteiger partial charge < -0.3 is 9.84 Å². The van der Waals surface area contributed by atoms with E-state index in [4.69, 9.17) is 4.74 Å². The van der Waals surface area contributed by atoms with Crippen LogP contribution in [-0.4, -0.2) is 17.0 Å². The first-order valence-corrected chi connectivity index (χ1v) is 4.43. The van der Waals surface area contributed by atoms with Gasteiger partial charge in [-0.25, -0.2) is 9.79 Å². The van der Waals surface area contributed by atoms with Crippen molar-refractivity contribution in [2.45, 2.75) is 6.92 Å². The van der Waals surface area contributed by atoms with Gasteiger partial charge in [-0.3, -0.25) is 0 Å². The SMILES string of the molecule is CC1=N/C(=C/c2cccc(O)c2)C(=O)O1. The normalized spacial score (nSPS) is 17.8. The molecule has 1 N–H and O–H groups in total. The first-order chi connectivity index (χ1) is 7.15. The van der Waals surface area contributed by atoms with Crippen LogP contribution in [-0.2, 0) is 9.53 Å². The van der Waals surface area contributed by atoms with Crippen molar-refractivity contribution in [3.05, 3.63) is 35.5 Å². The Kier molecular flexibility index (Phi) is 2.25. The molecule has 0 spiro atoms. The lowest BCUT2D eigenvalue weighted by Gasteiger charge is -1.95. The number of esters is 1. The van der Waals surface area contributed by atoms with Gasteiger partial charge in [0.15, 0.2) is 11.6 Å². The number of aromatic hydroxyl groups is 1. The van der Waals surface area contributed by atoms with Crippen molar-refractivity contribution in [3.8, 4) is 5.75 Å². The summed E-state index contributed by atoms with van der Waals surface area (Å²) in [6.07, 6.45) is 1.57. The fourth-order valence-electron chi connectivity index (χ4n) is 1.29. The van der Waals surface area contributed by atoms with E-state index in [1.165, 1.54) is 0 Å². The lowest BCUT2D eigenvalue weighted by Crippen LogP contribution is -1.99. The Morgan fingerprint density at radius 1 is 1.47 bits per heavy atom. The second-order valence-electron chi connectivity index (χ2n) is 3.14. The maximum Gasteiger partial charge on any atom is 0.363 e. The third kappa shape index (κ3) is 2.04. The predicted molar refractivity (Wildman–Crippen MR) is 55.3 cm³/mol. The molecule has 1 heterocycles. The Morgan fingerprint density at radius 3 is 2.87 bits per heavy atom. The minimum atomic E-state index is -0.462. The summed E-state index contributed by atoms with van der Waals surface area (Å²) in [4.78, 5) is 15.1. The number of hydrogen-bond acceptors (Lipinski definition) is 4. The van der Waals surface area contributed by atoms with Gasteiger partial charge in [0.05, 0.1) is 0 Å². The van der Waals surface area contributed by atoms with Gasteiger partial charge in [-0.1, -0.05) is 12.1 Å². The largest absolute Gasteiger partial charge is 0.508 e. The van der Waals surface area contributed by atoms with Crippen LogP contribution in [0.4, 0.5) is 0 Å². The minimum Gasteiger partial charge on any atom is -0.508 e. The molecule has 0 radical (unpaired) electrons. The molecule has 0 bridgehead atoms. The van der Waals surface area contributed by atoms with Crippen LogP contribution in [0.25, 0.3) is 6.08 Å². The fraction of sp³-hybridized carbons (Fsp3) is 0.0909. The van der Waals surface area contributed by atoms with Gasteiger partial charge in [0, 0.05) is 6.92 Å². The van der Waals surface area contributed by atoms with Crippen molar-refractivity contribution in [1.29, 1.82) is 0 Å². The van der Waals surface area contributed by atoms with Crippen molar-refractivity contribution in [3.63, 3.8) is 0 Å². The van der Waals surface area contributed by atoms with Crippen molar-refractivity contribution in [2.24, 2.45) is 4.99 Å². The van der Waals surface area contributed by atoms with Gasteiger partial charge in [-0.15, -0.1) is 0 Å². The van der Waals surface area contributed by atoms with Crippen LogP contribution in [0.3, 0.4) is 0 Å². The molecule has 0 aliphatic carbocycles. The maximum atomic E-state index is 11.2. The molecule has 0 saturated carbocycles. The van der Waals surface area contributed by atoms with Crippen LogP contribution in [0, 0.1) is 0 Å². The summed E-state index contributed by atoms with van der Waals surface area (Å²) >= 11 is 0. The zero-order valence-electron chi connectivity index (χ0n) is 8.10. The Balaban J connectivity index is 2.35. The molecule has 4 heteroatoms. The monoisotopic (exact) mass is 203 g/mol. The summed E-state index contributed by atoms with van der Waals surface area (Å²) in [6.45, 7) is 1.61. The highest BCUT2D eigenvalue weighted by molar-refractivity contribution is 6.06. The number of benzene rings is 1. The van der Waals surface area contributed by atoms with Crippen molar-refractivity contribution >= 4 is 17.9 Å². The molecule has 76 valence electrons. The summed E-state index contributed by atoms with van der Waals surface area (Å²) in [5.74, 6) is 0.0265. The summed E-state index contributed by atoms with van der Waals surface area (Å²) in [5.41, 5.74) is 0.957. The van der Waals surface area contributed by atoms with E-state index in [0.29, 0.717) is 11.5 Å². The third-order valence-corrected chi connectivity index (χ3v) is 1.90. The van der Waals surface area contributed by atoms with Gasteiger partial charge in [-0.05, 0) is 23.8 Å². The minimum absolute atomic E-state index is 0.149. The molecule has 0 aromatic heterocycles. The quantitative estimate of drug-likeness (QED) is 0.558. The van der Waals surface area contributed by atoms with Gasteiger partial charge in [0.25, 0.3) is 0 Å². The topological polar surface area (TPSA) is 58.9 Å². The number of carbonyl (C=O) groups excluding carboxylic acids is 1. The average molecular weight is 203 g/mol. The zero-order valence-corrected chi connectivity index (χ0v) is 8.10. The molecule has 1 aromatic carbocycles. The van der Waals surface area contributed by atoms with E-state index in [9.17, 15) is 9.90 Å². The van der Waals surface area contributed by atoms with Crippen molar-refractivity contribution < 1.29 is 14.6 Å². The number of ether oxygens (including phenoxy) is 1. The Hall–Kier alpha value is -2.10. The Morgan fingerprint density at radius 2 is 2.27 bits per heavy atom.